The molecule has 0 heterocycles. The van der Waals surface area contributed by atoms with Gasteiger partial charge in [0.25, 0.3) is 5.69 Å². The van der Waals surface area contributed by atoms with E-state index in [0.717, 1.165) is 12.1 Å². The van der Waals surface area contributed by atoms with Crippen LogP contribution in [0.2, 0.25) is 0 Å². The average Bonchev–Trinajstić information content (AvgIpc) is 2.38. The van der Waals surface area contributed by atoms with Gasteiger partial charge in [0, 0.05) is 17.7 Å². The Bertz CT molecular complexity index is 541. The van der Waals surface area contributed by atoms with E-state index >= 15 is 0 Å². The first-order valence-electron chi connectivity index (χ1n) is 5.49. The molecular weight excluding hydrogens is 314 g/mol. The fourth-order valence-electron chi connectivity index (χ4n) is 1.45. The molecule has 3 N–H and O–H groups in total. The van der Waals surface area contributed by atoms with Crippen LogP contribution >= 0.6 is 12.4 Å². The maximum absolute atomic E-state index is 13.7. The first kappa shape index (κ1) is 19.0. The van der Waals surface area contributed by atoms with E-state index in [1.54, 1.807) is 0 Å². The van der Waals surface area contributed by atoms with Crippen molar-refractivity contribution in [2.24, 2.45) is 5.73 Å². The number of non-ortho nitro benzene ring substituents is 1. The quantitative estimate of drug-likeness (QED) is 0.485. The van der Waals surface area contributed by atoms with Crippen molar-refractivity contribution in [1.29, 1.82) is 0 Å². The molecule has 21 heavy (non-hydrogen) atoms. The number of hydrogen-bond donors (Lipinski definition) is 2. The number of aromatic hydroxyl groups is 1. The van der Waals surface area contributed by atoms with Crippen molar-refractivity contribution < 1.29 is 28.3 Å². The van der Waals surface area contributed by atoms with Gasteiger partial charge in [0.1, 0.15) is 11.8 Å². The molecular formula is C11H13ClF2N2O5. The smallest absolute Gasteiger partial charge is 0.379 e. The predicted molar refractivity (Wildman–Crippen MR) is 70.5 cm³/mol. The standard InChI is InChI=1S/C11H12F2N2O5.ClH/c1-2-20-10(17)11(12,13)9(14)7-5-6(15(18)19)3-4-8(7)16;/h3-5,9,16H,2,14H2,1H3;1H/t9-;/m0./s1. The Morgan fingerprint density at radius 1 is 1.57 bits per heavy atom. The minimum Gasteiger partial charge on any atom is -0.508 e. The largest absolute Gasteiger partial charge is 0.508 e. The van der Waals surface area contributed by atoms with Crippen LogP contribution in [0, 0.1) is 10.1 Å². The maximum Gasteiger partial charge on any atom is 0.379 e. The molecule has 1 aromatic carbocycles. The highest BCUT2D eigenvalue weighted by molar-refractivity contribution is 5.85. The van der Waals surface area contributed by atoms with E-state index in [1.807, 2.05) is 0 Å². The lowest BCUT2D eigenvalue weighted by molar-refractivity contribution is -0.385. The summed E-state index contributed by atoms with van der Waals surface area (Å²) >= 11 is 0. The maximum atomic E-state index is 13.7. The minimum atomic E-state index is -4.12. The molecule has 1 atom stereocenters. The molecule has 0 saturated carbocycles. The number of alkyl halides is 2. The summed E-state index contributed by atoms with van der Waals surface area (Å²) in [5.74, 6) is -6.66. The number of esters is 1. The summed E-state index contributed by atoms with van der Waals surface area (Å²) in [5.41, 5.74) is 4.09. The molecule has 0 aliphatic rings. The summed E-state index contributed by atoms with van der Waals surface area (Å²) in [6.45, 7) is 1.06. The molecule has 1 rings (SSSR count). The Kier molecular flexibility index (Phi) is 6.46. The molecule has 10 heteroatoms. The number of nitro benzene ring substituents is 1. The summed E-state index contributed by atoms with van der Waals surface area (Å²) in [7, 11) is 0. The van der Waals surface area contributed by atoms with Crippen LogP contribution < -0.4 is 5.73 Å². The Morgan fingerprint density at radius 2 is 2.14 bits per heavy atom. The molecule has 0 fully saturated rings. The first-order valence-corrected chi connectivity index (χ1v) is 5.49. The van der Waals surface area contributed by atoms with Crippen molar-refractivity contribution in [1.82, 2.24) is 0 Å². The van der Waals surface area contributed by atoms with Crippen LogP contribution in [-0.2, 0) is 9.53 Å². The molecule has 0 aliphatic heterocycles. The number of carbonyl (C=O) groups is 1. The summed E-state index contributed by atoms with van der Waals surface area (Å²) in [5, 5.41) is 20.1. The minimum absolute atomic E-state index is 0. The molecule has 7 nitrogen and oxygen atoms in total. The van der Waals surface area contributed by atoms with Gasteiger partial charge in [-0.15, -0.1) is 12.4 Å². The van der Waals surface area contributed by atoms with Gasteiger partial charge in [0.05, 0.1) is 11.5 Å². The Labute approximate surface area is 124 Å². The number of hydrogen-bond acceptors (Lipinski definition) is 6. The van der Waals surface area contributed by atoms with Gasteiger partial charge in [0.2, 0.25) is 0 Å². The number of ether oxygens (including phenoxy) is 1. The van der Waals surface area contributed by atoms with Crippen LogP contribution in [0.3, 0.4) is 0 Å². The highest BCUT2D eigenvalue weighted by atomic mass is 35.5. The van der Waals surface area contributed by atoms with Gasteiger partial charge in [-0.1, -0.05) is 0 Å². The molecule has 0 bridgehead atoms. The molecule has 0 radical (unpaired) electrons. The number of phenols is 1. The van der Waals surface area contributed by atoms with E-state index in [-0.39, 0.29) is 19.0 Å². The van der Waals surface area contributed by atoms with Crippen molar-refractivity contribution in [3.8, 4) is 5.75 Å². The monoisotopic (exact) mass is 326 g/mol. The molecule has 0 unspecified atom stereocenters. The number of phenolic OH excluding ortho intramolecular Hbond substituents is 1. The Balaban J connectivity index is 0.00000400. The second kappa shape index (κ2) is 7.14. The van der Waals surface area contributed by atoms with Crippen molar-refractivity contribution in [3.05, 3.63) is 33.9 Å². The third-order valence-corrected chi connectivity index (χ3v) is 2.50. The fraction of sp³-hybridized carbons (Fsp3) is 0.364. The zero-order chi connectivity index (χ0) is 15.5. The number of nitrogens with zero attached hydrogens (tertiary/aromatic N) is 1. The molecule has 0 amide bonds. The fourth-order valence-corrected chi connectivity index (χ4v) is 1.45. The van der Waals surface area contributed by atoms with Crippen LogP contribution in [-0.4, -0.2) is 28.5 Å². The molecule has 0 spiro atoms. The molecule has 1 aromatic rings. The predicted octanol–water partition coefficient (Wildman–Crippen LogP) is 1.92. The van der Waals surface area contributed by atoms with Crippen molar-refractivity contribution in [3.63, 3.8) is 0 Å². The van der Waals surface area contributed by atoms with E-state index in [1.165, 1.54) is 6.92 Å². The summed E-state index contributed by atoms with van der Waals surface area (Å²) in [6.07, 6.45) is 0. The third kappa shape index (κ3) is 3.99. The Morgan fingerprint density at radius 3 is 2.62 bits per heavy atom. The van der Waals surface area contributed by atoms with Crippen molar-refractivity contribution in [2.75, 3.05) is 6.61 Å². The summed E-state index contributed by atoms with van der Waals surface area (Å²) in [6, 6.07) is 0.205. The molecule has 0 aliphatic carbocycles. The summed E-state index contributed by atoms with van der Waals surface area (Å²) < 4.78 is 31.6. The number of halogens is 3. The normalized spacial score (nSPS) is 12.2. The highest BCUT2D eigenvalue weighted by Crippen LogP contribution is 2.36. The second-order valence-corrected chi connectivity index (χ2v) is 3.82. The van der Waals surface area contributed by atoms with Crippen LogP contribution in [0.15, 0.2) is 18.2 Å². The van der Waals surface area contributed by atoms with Crippen LogP contribution in [0.5, 0.6) is 5.75 Å². The molecule has 0 aromatic heterocycles. The van der Waals surface area contributed by atoms with Gasteiger partial charge in [0.15, 0.2) is 0 Å². The number of nitrogens with two attached hydrogens (primary N) is 1. The molecule has 0 saturated heterocycles. The number of benzene rings is 1. The van der Waals surface area contributed by atoms with Gasteiger partial charge >= 0.3 is 11.9 Å². The highest BCUT2D eigenvalue weighted by Gasteiger charge is 2.48. The van der Waals surface area contributed by atoms with Gasteiger partial charge < -0.3 is 15.6 Å². The first-order chi connectivity index (χ1) is 9.21. The van der Waals surface area contributed by atoms with Gasteiger partial charge in [-0.2, -0.15) is 8.78 Å². The SMILES string of the molecule is CCOC(=O)C(F)(F)[C@@H](N)c1cc([N+](=O)[O-])ccc1O.Cl. The lowest BCUT2D eigenvalue weighted by atomic mass is 10.00. The second-order valence-electron chi connectivity index (χ2n) is 3.82. The average molecular weight is 327 g/mol. The number of rotatable bonds is 5. The molecule has 118 valence electrons. The van der Waals surface area contributed by atoms with E-state index in [0.29, 0.717) is 6.07 Å². The third-order valence-electron chi connectivity index (χ3n) is 2.50. The van der Waals surface area contributed by atoms with E-state index in [2.05, 4.69) is 4.74 Å². The number of nitro groups is 1. The van der Waals surface area contributed by atoms with Crippen LogP contribution in [0.25, 0.3) is 0 Å². The van der Waals surface area contributed by atoms with Gasteiger partial charge in [-0.05, 0) is 13.0 Å². The lowest BCUT2D eigenvalue weighted by Gasteiger charge is -2.22. The lowest BCUT2D eigenvalue weighted by Crippen LogP contribution is -2.41. The number of carbonyl (C=O) groups excluding carboxylic acids is 1. The van der Waals surface area contributed by atoms with Gasteiger partial charge in [-0.25, -0.2) is 4.79 Å². The summed E-state index contributed by atoms with van der Waals surface area (Å²) in [4.78, 5) is 20.9. The van der Waals surface area contributed by atoms with Crippen LogP contribution in [0.4, 0.5) is 14.5 Å². The topological polar surface area (TPSA) is 116 Å². The van der Waals surface area contributed by atoms with Crippen molar-refractivity contribution >= 4 is 24.1 Å². The van der Waals surface area contributed by atoms with E-state index < -0.39 is 39.9 Å². The van der Waals surface area contributed by atoms with E-state index in [9.17, 15) is 28.8 Å². The van der Waals surface area contributed by atoms with Crippen molar-refractivity contribution in [2.45, 2.75) is 18.9 Å². The van der Waals surface area contributed by atoms with Gasteiger partial charge in [-0.3, -0.25) is 10.1 Å². The van der Waals surface area contributed by atoms with Crippen LogP contribution in [0.1, 0.15) is 18.5 Å². The zero-order valence-electron chi connectivity index (χ0n) is 10.8. The van der Waals surface area contributed by atoms with E-state index in [4.69, 9.17) is 5.73 Å². The zero-order valence-corrected chi connectivity index (χ0v) is 11.6. The Hall–Kier alpha value is -2.00.